The molecule has 1 fully saturated rings. The van der Waals surface area contributed by atoms with Crippen molar-refractivity contribution in [3.63, 3.8) is 0 Å². The Morgan fingerprint density at radius 2 is 1.90 bits per heavy atom. The van der Waals surface area contributed by atoms with Gasteiger partial charge in [-0.3, -0.25) is 0 Å². The van der Waals surface area contributed by atoms with E-state index in [1.165, 1.54) is 5.56 Å². The van der Waals surface area contributed by atoms with E-state index in [2.05, 4.69) is 22.3 Å². The van der Waals surface area contributed by atoms with Crippen LogP contribution in [0.3, 0.4) is 0 Å². The Morgan fingerprint density at radius 3 is 2.67 bits per heavy atom. The van der Waals surface area contributed by atoms with E-state index in [4.69, 9.17) is 15.0 Å². The molecule has 1 aliphatic rings. The average molecular weight is 287 g/mol. The van der Waals surface area contributed by atoms with Crippen LogP contribution in [0.25, 0.3) is 0 Å². The Kier molecular flexibility index (Phi) is 4.62. The Morgan fingerprint density at radius 1 is 1.14 bits per heavy atom. The van der Waals surface area contributed by atoms with Crippen molar-refractivity contribution in [2.45, 2.75) is 31.7 Å². The van der Waals surface area contributed by atoms with Crippen LogP contribution in [0.4, 0.5) is 0 Å². The quantitative estimate of drug-likeness (QED) is 0.913. The Hall–Kier alpha value is -1.72. The monoisotopic (exact) mass is 287 g/mol. The molecule has 1 aliphatic heterocycles. The average Bonchev–Trinajstić information content (AvgIpc) is 3.03. The predicted molar refractivity (Wildman–Crippen MR) is 78.6 cm³/mol. The van der Waals surface area contributed by atoms with Gasteiger partial charge < -0.3 is 15.0 Å². The molecule has 0 saturated carbocycles. The van der Waals surface area contributed by atoms with E-state index in [1.54, 1.807) is 0 Å². The molecule has 21 heavy (non-hydrogen) atoms. The van der Waals surface area contributed by atoms with Gasteiger partial charge >= 0.3 is 0 Å². The largest absolute Gasteiger partial charge is 0.381 e. The topological polar surface area (TPSA) is 74.2 Å². The molecule has 5 nitrogen and oxygen atoms in total. The fraction of sp³-hybridized carbons (Fsp3) is 0.500. The molecule has 0 bridgehead atoms. The van der Waals surface area contributed by atoms with Crippen LogP contribution in [0.5, 0.6) is 0 Å². The third kappa shape index (κ3) is 3.68. The van der Waals surface area contributed by atoms with E-state index < -0.39 is 0 Å². The van der Waals surface area contributed by atoms with E-state index in [0.717, 1.165) is 44.7 Å². The smallest absolute Gasteiger partial charge is 0.243 e. The zero-order chi connectivity index (χ0) is 14.5. The lowest BCUT2D eigenvalue weighted by atomic mass is 9.92. The second-order valence-electron chi connectivity index (χ2n) is 5.51. The van der Waals surface area contributed by atoms with E-state index in [1.807, 2.05) is 18.2 Å². The van der Waals surface area contributed by atoms with Gasteiger partial charge in [-0.25, -0.2) is 0 Å². The van der Waals surface area contributed by atoms with Gasteiger partial charge in [0.05, 0.1) is 6.04 Å². The third-order valence-electron chi connectivity index (χ3n) is 4.02. The molecule has 3 rings (SSSR count). The van der Waals surface area contributed by atoms with Gasteiger partial charge in [-0.2, -0.15) is 4.98 Å². The summed E-state index contributed by atoms with van der Waals surface area (Å²) in [5.41, 5.74) is 7.51. The molecule has 0 radical (unpaired) electrons. The number of hydrogen-bond donors (Lipinski definition) is 1. The first-order valence-electron chi connectivity index (χ1n) is 7.52. The van der Waals surface area contributed by atoms with Crippen LogP contribution < -0.4 is 5.73 Å². The van der Waals surface area contributed by atoms with Gasteiger partial charge in [0.15, 0.2) is 5.82 Å². The fourth-order valence-electron chi connectivity index (χ4n) is 2.68. The number of nitrogens with zero attached hydrogens (tertiary/aromatic N) is 2. The Labute approximate surface area is 124 Å². The number of benzene rings is 1. The summed E-state index contributed by atoms with van der Waals surface area (Å²) in [6.45, 7) is 1.54. The lowest BCUT2D eigenvalue weighted by Gasteiger charge is -2.25. The predicted octanol–water partition coefficient (Wildman–Crippen LogP) is 2.28. The highest BCUT2D eigenvalue weighted by Gasteiger charge is 2.26. The van der Waals surface area contributed by atoms with E-state index >= 15 is 0 Å². The molecule has 5 heteroatoms. The van der Waals surface area contributed by atoms with Crippen molar-refractivity contribution in [3.05, 3.63) is 47.6 Å². The molecular weight excluding hydrogens is 266 g/mol. The fourth-order valence-corrected chi connectivity index (χ4v) is 2.68. The number of rotatable bonds is 5. The summed E-state index contributed by atoms with van der Waals surface area (Å²) in [5.74, 6) is 1.67. The van der Waals surface area contributed by atoms with Crippen molar-refractivity contribution >= 4 is 0 Å². The van der Waals surface area contributed by atoms with Crippen LogP contribution in [0.1, 0.15) is 36.2 Å². The van der Waals surface area contributed by atoms with Crippen LogP contribution in [0.15, 0.2) is 34.9 Å². The van der Waals surface area contributed by atoms with Gasteiger partial charge in [-0.1, -0.05) is 35.5 Å². The summed E-state index contributed by atoms with van der Waals surface area (Å²) in [7, 11) is 0. The Balaban J connectivity index is 1.58. The van der Waals surface area contributed by atoms with Gasteiger partial charge in [0.2, 0.25) is 5.89 Å². The van der Waals surface area contributed by atoms with Gasteiger partial charge in [-0.15, -0.1) is 0 Å². The van der Waals surface area contributed by atoms with Crippen LogP contribution in [-0.2, 0) is 17.6 Å². The van der Waals surface area contributed by atoms with E-state index in [0.29, 0.717) is 11.8 Å². The highest BCUT2D eigenvalue weighted by molar-refractivity contribution is 5.15. The van der Waals surface area contributed by atoms with Crippen molar-refractivity contribution in [1.82, 2.24) is 10.1 Å². The highest BCUT2D eigenvalue weighted by Crippen LogP contribution is 2.27. The molecule has 0 spiro atoms. The number of aryl methyl sites for hydroxylation is 2. The minimum absolute atomic E-state index is 0.174. The SMILES string of the molecule is N[C@H](c1nc(CCc2ccccc2)no1)C1CCOCC1. The summed E-state index contributed by atoms with van der Waals surface area (Å²) in [6, 6.07) is 10.1. The first-order chi connectivity index (χ1) is 10.3. The molecule has 1 aromatic heterocycles. The van der Waals surface area contributed by atoms with E-state index in [-0.39, 0.29) is 6.04 Å². The summed E-state index contributed by atoms with van der Waals surface area (Å²) in [4.78, 5) is 4.46. The number of nitrogens with two attached hydrogens (primary N) is 1. The minimum Gasteiger partial charge on any atom is -0.381 e. The minimum atomic E-state index is -0.174. The van der Waals surface area contributed by atoms with Crippen molar-refractivity contribution < 1.29 is 9.26 Å². The summed E-state index contributed by atoms with van der Waals surface area (Å²) >= 11 is 0. The zero-order valence-corrected chi connectivity index (χ0v) is 12.1. The van der Waals surface area contributed by atoms with Crippen LogP contribution >= 0.6 is 0 Å². The zero-order valence-electron chi connectivity index (χ0n) is 12.1. The lowest BCUT2D eigenvalue weighted by molar-refractivity contribution is 0.0546. The molecule has 2 N–H and O–H groups in total. The summed E-state index contributed by atoms with van der Waals surface area (Å²) in [5, 5.41) is 4.05. The number of hydrogen-bond acceptors (Lipinski definition) is 5. The molecule has 1 aromatic carbocycles. The van der Waals surface area contributed by atoms with Gasteiger partial charge in [0, 0.05) is 19.6 Å². The Bertz CT molecular complexity index is 550. The first-order valence-corrected chi connectivity index (χ1v) is 7.52. The maximum atomic E-state index is 6.24. The number of ether oxygens (including phenoxy) is 1. The van der Waals surface area contributed by atoms with Gasteiger partial charge in [-0.05, 0) is 30.7 Å². The van der Waals surface area contributed by atoms with Gasteiger partial charge in [0.1, 0.15) is 0 Å². The molecule has 112 valence electrons. The maximum absolute atomic E-state index is 6.24. The molecule has 2 heterocycles. The van der Waals surface area contributed by atoms with E-state index in [9.17, 15) is 0 Å². The summed E-state index contributed by atoms with van der Waals surface area (Å²) < 4.78 is 10.7. The van der Waals surface area contributed by atoms with Crippen molar-refractivity contribution in [2.24, 2.45) is 11.7 Å². The van der Waals surface area contributed by atoms with Crippen molar-refractivity contribution in [1.29, 1.82) is 0 Å². The van der Waals surface area contributed by atoms with Crippen LogP contribution in [0.2, 0.25) is 0 Å². The van der Waals surface area contributed by atoms with Crippen LogP contribution in [0, 0.1) is 5.92 Å². The molecule has 0 amide bonds. The molecular formula is C16H21N3O2. The molecule has 0 unspecified atom stereocenters. The number of aromatic nitrogens is 2. The summed E-state index contributed by atoms with van der Waals surface area (Å²) in [6.07, 6.45) is 3.60. The standard InChI is InChI=1S/C16H21N3O2/c17-15(13-8-10-20-11-9-13)16-18-14(19-21-16)7-6-12-4-2-1-3-5-12/h1-5,13,15H,6-11,17H2/t15-/m0/s1. The maximum Gasteiger partial charge on any atom is 0.243 e. The highest BCUT2D eigenvalue weighted by atomic mass is 16.5. The molecule has 0 aliphatic carbocycles. The molecule has 1 atom stereocenters. The van der Waals surface area contributed by atoms with Gasteiger partial charge in [0.25, 0.3) is 0 Å². The molecule has 1 saturated heterocycles. The third-order valence-corrected chi connectivity index (χ3v) is 4.02. The second kappa shape index (κ2) is 6.83. The van der Waals surface area contributed by atoms with Crippen molar-refractivity contribution in [3.8, 4) is 0 Å². The van der Waals surface area contributed by atoms with Crippen molar-refractivity contribution in [2.75, 3.05) is 13.2 Å². The van der Waals surface area contributed by atoms with Crippen LogP contribution in [-0.4, -0.2) is 23.4 Å². The lowest BCUT2D eigenvalue weighted by Crippen LogP contribution is -2.27. The normalized spacial score (nSPS) is 17.8. The first kappa shape index (κ1) is 14.2. The second-order valence-corrected chi connectivity index (χ2v) is 5.51. The molecule has 2 aromatic rings.